The largest absolute Gasteiger partial charge is 0.573 e. The number of anilines is 1. The second-order valence-electron chi connectivity index (χ2n) is 4.65. The summed E-state index contributed by atoms with van der Waals surface area (Å²) in [6.45, 7) is 1.87. The molecule has 0 unspecified atom stereocenters. The molecule has 0 radical (unpaired) electrons. The van der Waals surface area contributed by atoms with Crippen molar-refractivity contribution in [2.24, 2.45) is 0 Å². The molecular formula is C14H12BrF3N2O3S. The van der Waals surface area contributed by atoms with Crippen LogP contribution in [0.15, 0.2) is 45.9 Å². The molecule has 10 heteroatoms. The Labute approximate surface area is 145 Å². The number of alkyl halides is 3. The van der Waals surface area contributed by atoms with Gasteiger partial charge in [-0.15, -0.1) is 13.2 Å². The highest BCUT2D eigenvalue weighted by atomic mass is 79.9. The van der Waals surface area contributed by atoms with Crippen LogP contribution in [0.5, 0.6) is 5.75 Å². The van der Waals surface area contributed by atoms with Crippen LogP contribution in [0.4, 0.5) is 19.0 Å². The van der Waals surface area contributed by atoms with Gasteiger partial charge < -0.3 is 4.74 Å². The maximum absolute atomic E-state index is 12.5. The highest BCUT2D eigenvalue weighted by molar-refractivity contribution is 9.10. The molecule has 0 amide bonds. The highest BCUT2D eigenvalue weighted by Gasteiger charge is 2.34. The first kappa shape index (κ1) is 18.5. The molecule has 2 aromatic rings. The third kappa shape index (κ3) is 4.84. The molecule has 0 spiro atoms. The van der Waals surface area contributed by atoms with Gasteiger partial charge >= 0.3 is 6.36 Å². The maximum atomic E-state index is 12.5. The van der Waals surface area contributed by atoms with Crippen molar-refractivity contribution >= 4 is 31.8 Å². The molecule has 0 aliphatic carbocycles. The molecule has 24 heavy (non-hydrogen) atoms. The molecule has 2 rings (SSSR count). The number of ether oxygens (including phenoxy) is 1. The first-order valence-electron chi connectivity index (χ1n) is 6.64. The zero-order chi connectivity index (χ0) is 18.0. The third-order valence-electron chi connectivity index (χ3n) is 2.89. The average Bonchev–Trinajstić information content (AvgIpc) is 2.45. The second-order valence-corrected chi connectivity index (χ2v) is 7.21. The summed E-state index contributed by atoms with van der Waals surface area (Å²) in [6.07, 6.45) is -2.96. The van der Waals surface area contributed by atoms with Gasteiger partial charge in [0, 0.05) is 10.7 Å². The van der Waals surface area contributed by atoms with E-state index in [1.54, 1.807) is 6.07 Å². The highest BCUT2D eigenvalue weighted by Crippen LogP contribution is 2.33. The van der Waals surface area contributed by atoms with Crippen molar-refractivity contribution in [3.63, 3.8) is 0 Å². The number of benzene rings is 1. The van der Waals surface area contributed by atoms with Crippen LogP contribution >= 0.6 is 15.9 Å². The number of hydrogen-bond acceptors (Lipinski definition) is 4. The van der Waals surface area contributed by atoms with E-state index in [0.717, 1.165) is 17.7 Å². The summed E-state index contributed by atoms with van der Waals surface area (Å²) in [4.78, 5) is 3.21. The summed E-state index contributed by atoms with van der Waals surface area (Å²) in [5.41, 5.74) is 0.824. The number of aryl methyl sites for hydroxylation is 1. The number of nitrogens with zero attached hydrogens (tertiary/aromatic N) is 1. The summed E-state index contributed by atoms with van der Waals surface area (Å²) in [5.74, 6) is -0.828. The van der Waals surface area contributed by atoms with Gasteiger partial charge in [0.25, 0.3) is 10.0 Å². The van der Waals surface area contributed by atoms with Crippen LogP contribution in [0.1, 0.15) is 12.5 Å². The maximum Gasteiger partial charge on any atom is 0.573 e. The normalized spacial score (nSPS) is 12.0. The summed E-state index contributed by atoms with van der Waals surface area (Å²) >= 11 is 2.98. The predicted molar refractivity (Wildman–Crippen MR) is 85.2 cm³/mol. The molecule has 0 aliphatic rings. The van der Waals surface area contributed by atoms with Gasteiger partial charge in [-0.25, -0.2) is 13.4 Å². The van der Waals surface area contributed by atoms with Gasteiger partial charge in [0.2, 0.25) is 0 Å². The van der Waals surface area contributed by atoms with Crippen molar-refractivity contribution in [3.8, 4) is 5.75 Å². The van der Waals surface area contributed by atoms with Crippen LogP contribution in [0, 0.1) is 0 Å². The molecule has 0 saturated carbocycles. The van der Waals surface area contributed by atoms with Gasteiger partial charge in [-0.05, 0) is 42.3 Å². The molecule has 0 saturated heterocycles. The van der Waals surface area contributed by atoms with E-state index < -0.39 is 27.0 Å². The SMILES string of the molecule is CCc1ccnc(NS(=O)(=O)c2ccc(Br)cc2OC(F)(F)F)c1. The Morgan fingerprint density at radius 1 is 1.25 bits per heavy atom. The number of nitrogens with one attached hydrogen (secondary N) is 1. The molecule has 1 aromatic carbocycles. The number of halogens is 4. The Bertz CT molecular complexity index is 841. The van der Waals surface area contributed by atoms with E-state index in [1.165, 1.54) is 18.3 Å². The number of rotatable bonds is 5. The lowest BCUT2D eigenvalue weighted by Gasteiger charge is -2.14. The van der Waals surface area contributed by atoms with Gasteiger partial charge in [0.1, 0.15) is 10.7 Å². The topological polar surface area (TPSA) is 68.3 Å². The van der Waals surface area contributed by atoms with Crippen molar-refractivity contribution < 1.29 is 26.3 Å². The molecule has 0 aliphatic heterocycles. The number of aromatic nitrogens is 1. The molecule has 1 heterocycles. The molecule has 1 N–H and O–H groups in total. The fourth-order valence-corrected chi connectivity index (χ4v) is 3.30. The van der Waals surface area contributed by atoms with E-state index in [1.807, 2.05) is 6.92 Å². The van der Waals surface area contributed by atoms with E-state index in [0.29, 0.717) is 6.42 Å². The lowest BCUT2D eigenvalue weighted by atomic mass is 10.2. The number of sulfonamides is 1. The Morgan fingerprint density at radius 2 is 1.96 bits per heavy atom. The van der Waals surface area contributed by atoms with E-state index in [-0.39, 0.29) is 10.3 Å². The standard InChI is InChI=1S/C14H12BrF3N2O3S/c1-2-9-5-6-19-13(7-9)20-24(21,22)12-4-3-10(15)8-11(12)23-14(16,17)18/h3-8H,2H2,1H3,(H,19,20). The van der Waals surface area contributed by atoms with Gasteiger partial charge in [-0.1, -0.05) is 22.9 Å². The Kier molecular flexibility index (Phi) is 5.38. The second kappa shape index (κ2) is 6.98. The third-order valence-corrected chi connectivity index (χ3v) is 4.78. The van der Waals surface area contributed by atoms with Crippen molar-refractivity contribution in [2.45, 2.75) is 24.6 Å². The molecule has 0 atom stereocenters. The van der Waals surface area contributed by atoms with Crippen LogP contribution in [-0.4, -0.2) is 19.8 Å². The van der Waals surface area contributed by atoms with Gasteiger partial charge in [0.15, 0.2) is 5.75 Å². The summed E-state index contributed by atoms with van der Waals surface area (Å²) < 4.78 is 68.5. The van der Waals surface area contributed by atoms with Crippen LogP contribution < -0.4 is 9.46 Å². The van der Waals surface area contributed by atoms with Crippen LogP contribution in [-0.2, 0) is 16.4 Å². The van der Waals surface area contributed by atoms with E-state index in [4.69, 9.17) is 0 Å². The van der Waals surface area contributed by atoms with Crippen LogP contribution in [0.3, 0.4) is 0 Å². The Morgan fingerprint density at radius 3 is 2.58 bits per heavy atom. The van der Waals surface area contributed by atoms with Crippen molar-refractivity contribution in [2.75, 3.05) is 4.72 Å². The molecule has 0 bridgehead atoms. The molecule has 1 aromatic heterocycles. The number of pyridine rings is 1. The zero-order valence-corrected chi connectivity index (χ0v) is 14.7. The molecule has 130 valence electrons. The van der Waals surface area contributed by atoms with Crippen molar-refractivity contribution in [1.82, 2.24) is 4.98 Å². The van der Waals surface area contributed by atoms with E-state index >= 15 is 0 Å². The minimum atomic E-state index is -5.02. The van der Waals surface area contributed by atoms with Gasteiger partial charge in [-0.3, -0.25) is 4.72 Å². The lowest BCUT2D eigenvalue weighted by Crippen LogP contribution is -2.21. The average molecular weight is 425 g/mol. The van der Waals surface area contributed by atoms with E-state index in [9.17, 15) is 21.6 Å². The minimum absolute atomic E-state index is 0.00947. The fourth-order valence-electron chi connectivity index (χ4n) is 1.85. The molecular weight excluding hydrogens is 413 g/mol. The molecule has 5 nitrogen and oxygen atoms in total. The first-order chi connectivity index (χ1) is 11.1. The first-order valence-corrected chi connectivity index (χ1v) is 8.91. The molecule has 0 fully saturated rings. The van der Waals surface area contributed by atoms with Gasteiger partial charge in [-0.2, -0.15) is 0 Å². The monoisotopic (exact) mass is 424 g/mol. The minimum Gasteiger partial charge on any atom is -0.404 e. The number of hydrogen-bond donors (Lipinski definition) is 1. The Balaban J connectivity index is 2.41. The van der Waals surface area contributed by atoms with Crippen molar-refractivity contribution in [1.29, 1.82) is 0 Å². The fraction of sp³-hybridized carbons (Fsp3) is 0.214. The quantitative estimate of drug-likeness (QED) is 0.783. The van der Waals surface area contributed by atoms with E-state index in [2.05, 4.69) is 30.4 Å². The van der Waals surface area contributed by atoms with Crippen molar-refractivity contribution in [3.05, 3.63) is 46.6 Å². The van der Waals surface area contributed by atoms with Crippen LogP contribution in [0.2, 0.25) is 0 Å². The predicted octanol–water partition coefficient (Wildman–Crippen LogP) is 4.11. The Hall–Kier alpha value is -1.81. The zero-order valence-electron chi connectivity index (χ0n) is 12.3. The summed E-state index contributed by atoms with van der Waals surface area (Å²) in [6, 6.07) is 6.44. The summed E-state index contributed by atoms with van der Waals surface area (Å²) in [5, 5.41) is 0. The van der Waals surface area contributed by atoms with Crippen LogP contribution in [0.25, 0.3) is 0 Å². The lowest BCUT2D eigenvalue weighted by molar-refractivity contribution is -0.275. The smallest absolute Gasteiger partial charge is 0.404 e. The van der Waals surface area contributed by atoms with Gasteiger partial charge in [0.05, 0.1) is 0 Å². The summed E-state index contributed by atoms with van der Waals surface area (Å²) in [7, 11) is -4.32.